The number of hydrogen-bond donors (Lipinski definition) is 1. The van der Waals surface area contributed by atoms with E-state index in [0.29, 0.717) is 22.7 Å². The Morgan fingerprint density at radius 3 is 2.50 bits per heavy atom. The fourth-order valence-electron chi connectivity index (χ4n) is 2.98. The maximum absolute atomic E-state index is 13.2. The van der Waals surface area contributed by atoms with Crippen LogP contribution in [-0.2, 0) is 14.8 Å². The van der Waals surface area contributed by atoms with Gasteiger partial charge in [-0.05, 0) is 60.2 Å². The molecule has 1 heterocycles. The van der Waals surface area contributed by atoms with Crippen molar-refractivity contribution in [2.75, 3.05) is 17.6 Å². The third-order valence-electron chi connectivity index (χ3n) is 4.53. The summed E-state index contributed by atoms with van der Waals surface area (Å²) in [6, 6.07) is 19.8. The van der Waals surface area contributed by atoms with Crippen LogP contribution in [0.25, 0.3) is 0 Å². The van der Waals surface area contributed by atoms with Gasteiger partial charge in [-0.25, -0.2) is 13.8 Å². The predicted octanol–water partition coefficient (Wildman–Crippen LogP) is 3.52. The fourth-order valence-corrected chi connectivity index (χ4v) is 4.69. The van der Waals surface area contributed by atoms with Crippen LogP contribution in [0.5, 0.6) is 11.5 Å². The second-order valence-electron chi connectivity index (χ2n) is 6.71. The van der Waals surface area contributed by atoms with Gasteiger partial charge in [0.05, 0.1) is 16.8 Å². The summed E-state index contributed by atoms with van der Waals surface area (Å²) in [7, 11) is -3.97. The first-order valence-electron chi connectivity index (χ1n) is 9.48. The van der Waals surface area contributed by atoms with Crippen molar-refractivity contribution in [2.45, 2.75) is 4.90 Å². The number of carbonyl (C=O) groups is 1. The van der Waals surface area contributed by atoms with Crippen LogP contribution < -0.4 is 19.2 Å². The van der Waals surface area contributed by atoms with Gasteiger partial charge in [0.2, 0.25) is 6.79 Å². The molecule has 1 N–H and O–H groups in total. The predicted molar refractivity (Wildman–Crippen MR) is 123 cm³/mol. The molecule has 0 unspecified atom stereocenters. The maximum atomic E-state index is 13.2. The van der Waals surface area contributed by atoms with Crippen LogP contribution in [0.15, 0.2) is 87.3 Å². The normalized spacial score (nSPS) is 12.7. The van der Waals surface area contributed by atoms with E-state index < -0.39 is 22.5 Å². The molecule has 0 radical (unpaired) electrons. The molecule has 1 amide bonds. The number of halogens is 1. The van der Waals surface area contributed by atoms with Gasteiger partial charge in [0.1, 0.15) is 6.54 Å². The SMILES string of the molecule is O=C(CN(c1ccc(Br)cc1)S(=O)(=O)c1ccccc1)N/N=C/c1ccc2c(c1)OCO2. The molecule has 0 aromatic heterocycles. The molecule has 164 valence electrons. The molecule has 10 heteroatoms. The summed E-state index contributed by atoms with van der Waals surface area (Å²) >= 11 is 3.33. The van der Waals surface area contributed by atoms with Gasteiger partial charge in [-0.3, -0.25) is 9.10 Å². The number of nitrogens with one attached hydrogen (secondary N) is 1. The number of hydrazone groups is 1. The number of benzene rings is 3. The van der Waals surface area contributed by atoms with Crippen LogP contribution in [0, 0.1) is 0 Å². The summed E-state index contributed by atoms with van der Waals surface area (Å²) in [5.74, 6) is 0.641. The van der Waals surface area contributed by atoms with E-state index in [4.69, 9.17) is 9.47 Å². The highest BCUT2D eigenvalue weighted by Crippen LogP contribution is 2.32. The van der Waals surface area contributed by atoms with E-state index in [9.17, 15) is 13.2 Å². The summed E-state index contributed by atoms with van der Waals surface area (Å²) in [5.41, 5.74) is 3.42. The van der Waals surface area contributed by atoms with Gasteiger partial charge in [0.25, 0.3) is 15.9 Å². The molecule has 0 bridgehead atoms. The van der Waals surface area contributed by atoms with E-state index in [1.165, 1.54) is 18.3 Å². The second-order valence-corrected chi connectivity index (χ2v) is 9.49. The first kappa shape index (κ1) is 21.8. The van der Waals surface area contributed by atoms with Gasteiger partial charge in [0, 0.05) is 4.47 Å². The van der Waals surface area contributed by atoms with Crippen LogP contribution >= 0.6 is 15.9 Å². The molecule has 8 nitrogen and oxygen atoms in total. The lowest BCUT2D eigenvalue weighted by atomic mass is 10.2. The Kier molecular flexibility index (Phi) is 6.42. The van der Waals surface area contributed by atoms with Crippen molar-refractivity contribution in [1.29, 1.82) is 0 Å². The van der Waals surface area contributed by atoms with Gasteiger partial charge in [-0.15, -0.1) is 0 Å². The molecule has 0 saturated carbocycles. The number of carbonyl (C=O) groups excluding carboxylic acids is 1. The number of nitrogens with zero attached hydrogens (tertiary/aromatic N) is 2. The summed E-state index contributed by atoms with van der Waals surface area (Å²) in [6.07, 6.45) is 1.44. The maximum Gasteiger partial charge on any atom is 0.264 e. The van der Waals surface area contributed by atoms with Crippen molar-refractivity contribution in [3.8, 4) is 11.5 Å². The fraction of sp³-hybridized carbons (Fsp3) is 0.0909. The molecule has 4 rings (SSSR count). The van der Waals surface area contributed by atoms with Gasteiger partial charge in [0.15, 0.2) is 11.5 Å². The van der Waals surface area contributed by atoms with Gasteiger partial charge >= 0.3 is 0 Å². The molecule has 0 fully saturated rings. The summed E-state index contributed by atoms with van der Waals surface area (Å²) in [6.45, 7) is -0.286. The van der Waals surface area contributed by atoms with Gasteiger partial charge < -0.3 is 9.47 Å². The van der Waals surface area contributed by atoms with E-state index in [0.717, 1.165) is 8.78 Å². The van der Waals surface area contributed by atoms with E-state index in [1.54, 1.807) is 60.7 Å². The zero-order valence-corrected chi connectivity index (χ0v) is 19.0. The Morgan fingerprint density at radius 2 is 1.75 bits per heavy atom. The lowest BCUT2D eigenvalue weighted by Gasteiger charge is -2.23. The lowest BCUT2D eigenvalue weighted by Crippen LogP contribution is -2.39. The summed E-state index contributed by atoms with van der Waals surface area (Å²) < 4.78 is 38.8. The molecule has 3 aromatic carbocycles. The van der Waals surface area contributed by atoms with E-state index >= 15 is 0 Å². The Bertz CT molecular complexity index is 1250. The monoisotopic (exact) mass is 515 g/mol. The average molecular weight is 516 g/mol. The van der Waals surface area contributed by atoms with Crippen LogP contribution in [0.2, 0.25) is 0 Å². The highest BCUT2D eigenvalue weighted by molar-refractivity contribution is 9.10. The molecule has 1 aliphatic heterocycles. The topological polar surface area (TPSA) is 97.3 Å². The van der Waals surface area contributed by atoms with Crippen molar-refractivity contribution in [3.63, 3.8) is 0 Å². The zero-order chi connectivity index (χ0) is 22.6. The Morgan fingerprint density at radius 1 is 1.03 bits per heavy atom. The number of sulfonamides is 1. The quantitative estimate of drug-likeness (QED) is 0.383. The minimum Gasteiger partial charge on any atom is -0.454 e. The highest BCUT2D eigenvalue weighted by atomic mass is 79.9. The van der Waals surface area contributed by atoms with E-state index in [1.807, 2.05) is 0 Å². The molecule has 1 aliphatic rings. The van der Waals surface area contributed by atoms with Gasteiger partial charge in [-0.2, -0.15) is 5.10 Å². The number of ether oxygens (including phenoxy) is 2. The smallest absolute Gasteiger partial charge is 0.264 e. The van der Waals surface area contributed by atoms with Crippen LogP contribution in [0.1, 0.15) is 5.56 Å². The molecule has 0 atom stereocenters. The largest absolute Gasteiger partial charge is 0.454 e. The minimum atomic E-state index is -3.97. The van der Waals surface area contributed by atoms with Crippen molar-refractivity contribution < 1.29 is 22.7 Å². The van der Waals surface area contributed by atoms with Crippen LogP contribution in [0.3, 0.4) is 0 Å². The summed E-state index contributed by atoms with van der Waals surface area (Å²) in [4.78, 5) is 12.6. The van der Waals surface area contributed by atoms with Crippen molar-refractivity contribution in [1.82, 2.24) is 5.43 Å². The number of fused-ring (bicyclic) bond motifs is 1. The van der Waals surface area contributed by atoms with Crippen LogP contribution in [-0.4, -0.2) is 33.9 Å². The van der Waals surface area contributed by atoms with Gasteiger partial charge in [-0.1, -0.05) is 34.1 Å². The Balaban J connectivity index is 1.51. The van der Waals surface area contributed by atoms with Crippen molar-refractivity contribution in [2.24, 2.45) is 5.10 Å². The molecular formula is C22H18BrN3O5S. The molecule has 3 aromatic rings. The summed E-state index contributed by atoms with van der Waals surface area (Å²) in [5, 5.41) is 3.93. The standard InChI is InChI=1S/C22H18BrN3O5S/c23-17-7-9-18(10-8-17)26(32(28,29)19-4-2-1-3-5-19)14-22(27)25-24-13-16-6-11-20-21(12-16)31-15-30-20/h1-13H,14-15H2,(H,25,27)/b24-13+. The lowest BCUT2D eigenvalue weighted by molar-refractivity contribution is -0.119. The minimum absolute atomic E-state index is 0.0829. The van der Waals surface area contributed by atoms with Crippen LogP contribution in [0.4, 0.5) is 5.69 Å². The van der Waals surface area contributed by atoms with Crippen molar-refractivity contribution in [3.05, 3.63) is 82.8 Å². The molecule has 32 heavy (non-hydrogen) atoms. The highest BCUT2D eigenvalue weighted by Gasteiger charge is 2.27. The molecule has 0 spiro atoms. The number of amides is 1. The Hall–Kier alpha value is -3.37. The first-order chi connectivity index (χ1) is 15.4. The third kappa shape index (κ3) is 4.92. The average Bonchev–Trinajstić information content (AvgIpc) is 3.27. The number of rotatable bonds is 7. The third-order valence-corrected chi connectivity index (χ3v) is 6.85. The molecular weight excluding hydrogens is 498 g/mol. The number of anilines is 1. The van der Waals surface area contributed by atoms with E-state index in [-0.39, 0.29) is 11.7 Å². The molecule has 0 aliphatic carbocycles. The Labute approximate surface area is 193 Å². The number of hydrogen-bond acceptors (Lipinski definition) is 6. The van der Waals surface area contributed by atoms with Crippen molar-refractivity contribution >= 4 is 43.8 Å². The first-order valence-corrected chi connectivity index (χ1v) is 11.7. The second kappa shape index (κ2) is 9.41. The molecule has 0 saturated heterocycles. The zero-order valence-electron chi connectivity index (χ0n) is 16.6. The van der Waals surface area contributed by atoms with E-state index in [2.05, 4.69) is 26.5 Å².